The molecule has 5 nitrogen and oxygen atoms in total. The molecule has 1 heterocycles. The molecule has 6 heteroatoms. The number of halogens is 1. The average molecular weight is 369 g/mol. The molecule has 1 aromatic carbocycles. The molecule has 1 aromatic rings. The highest BCUT2D eigenvalue weighted by molar-refractivity contribution is 6.32. The zero-order chi connectivity index (χ0) is 18.2. The van der Waals surface area contributed by atoms with Crippen LogP contribution in [0.3, 0.4) is 0 Å². The average Bonchev–Trinajstić information content (AvgIpc) is 2.57. The lowest BCUT2D eigenvalue weighted by molar-refractivity contribution is 0.0925. The van der Waals surface area contributed by atoms with E-state index in [2.05, 4.69) is 24.5 Å². The van der Waals surface area contributed by atoms with E-state index in [-0.39, 0.29) is 11.9 Å². The molecule has 2 unspecified atom stereocenters. The highest BCUT2D eigenvalue weighted by Crippen LogP contribution is 2.37. The lowest BCUT2D eigenvalue weighted by Crippen LogP contribution is -2.46. The molecule has 1 fully saturated rings. The normalized spacial score (nSPS) is 20.2. The summed E-state index contributed by atoms with van der Waals surface area (Å²) in [4.78, 5) is 12.6. The van der Waals surface area contributed by atoms with E-state index in [0.29, 0.717) is 41.3 Å². The first-order valence-corrected chi connectivity index (χ1v) is 9.56. The maximum atomic E-state index is 12.6. The zero-order valence-corrected chi connectivity index (χ0v) is 16.1. The van der Waals surface area contributed by atoms with Crippen molar-refractivity contribution in [2.24, 2.45) is 0 Å². The van der Waals surface area contributed by atoms with Crippen molar-refractivity contribution in [1.29, 1.82) is 0 Å². The summed E-state index contributed by atoms with van der Waals surface area (Å²) in [5.74, 6) is 0.918. The SMILES string of the molecule is CCCCOc1c(Cl)cc(C(=O)NC2CCNC(C)C2)cc1OCC. The van der Waals surface area contributed by atoms with E-state index in [1.807, 2.05) is 6.92 Å². The van der Waals surface area contributed by atoms with Gasteiger partial charge in [0.25, 0.3) is 5.91 Å². The molecule has 0 aliphatic carbocycles. The first kappa shape index (κ1) is 19.9. The first-order valence-electron chi connectivity index (χ1n) is 9.18. The molecule has 1 aliphatic rings. The Bertz CT molecular complexity index is 580. The van der Waals surface area contributed by atoms with Crippen molar-refractivity contribution >= 4 is 17.5 Å². The van der Waals surface area contributed by atoms with Crippen LogP contribution in [0.4, 0.5) is 0 Å². The summed E-state index contributed by atoms with van der Waals surface area (Å²) in [6.45, 7) is 8.11. The van der Waals surface area contributed by atoms with Gasteiger partial charge in [-0.15, -0.1) is 0 Å². The van der Waals surface area contributed by atoms with Crippen LogP contribution in [0.25, 0.3) is 0 Å². The van der Waals surface area contributed by atoms with Gasteiger partial charge >= 0.3 is 0 Å². The van der Waals surface area contributed by atoms with Crippen molar-refractivity contribution in [2.75, 3.05) is 19.8 Å². The van der Waals surface area contributed by atoms with Crippen molar-refractivity contribution in [1.82, 2.24) is 10.6 Å². The quantitative estimate of drug-likeness (QED) is 0.685. The highest BCUT2D eigenvalue weighted by Gasteiger charge is 2.22. The molecule has 0 saturated carbocycles. The molecular weight excluding hydrogens is 340 g/mol. The second-order valence-electron chi connectivity index (χ2n) is 6.47. The molecule has 0 bridgehead atoms. The van der Waals surface area contributed by atoms with E-state index in [0.717, 1.165) is 32.2 Å². The number of nitrogens with one attached hydrogen (secondary N) is 2. The van der Waals surface area contributed by atoms with Crippen molar-refractivity contribution in [2.45, 2.75) is 58.5 Å². The lowest BCUT2D eigenvalue weighted by atomic mass is 10.00. The Morgan fingerprint density at radius 2 is 2.16 bits per heavy atom. The van der Waals surface area contributed by atoms with E-state index in [1.165, 1.54) is 0 Å². The number of benzene rings is 1. The van der Waals surface area contributed by atoms with Crippen molar-refractivity contribution in [3.63, 3.8) is 0 Å². The van der Waals surface area contributed by atoms with E-state index >= 15 is 0 Å². The van der Waals surface area contributed by atoms with E-state index in [4.69, 9.17) is 21.1 Å². The third-order valence-electron chi connectivity index (χ3n) is 4.27. The van der Waals surface area contributed by atoms with Crippen LogP contribution < -0.4 is 20.1 Å². The van der Waals surface area contributed by atoms with Gasteiger partial charge in [-0.1, -0.05) is 24.9 Å². The fourth-order valence-corrected chi connectivity index (χ4v) is 3.22. The Labute approximate surface area is 155 Å². The molecule has 2 rings (SSSR count). The Morgan fingerprint density at radius 3 is 2.84 bits per heavy atom. The van der Waals surface area contributed by atoms with Crippen LogP contribution in [0.15, 0.2) is 12.1 Å². The zero-order valence-electron chi connectivity index (χ0n) is 15.4. The fraction of sp³-hybridized carbons (Fsp3) is 0.632. The van der Waals surface area contributed by atoms with Gasteiger partial charge in [-0.3, -0.25) is 4.79 Å². The van der Waals surface area contributed by atoms with Crippen molar-refractivity contribution in [3.8, 4) is 11.5 Å². The number of unbranched alkanes of at least 4 members (excludes halogenated alkanes) is 1. The van der Waals surface area contributed by atoms with Gasteiger partial charge in [-0.05, 0) is 51.8 Å². The van der Waals surface area contributed by atoms with E-state index in [1.54, 1.807) is 12.1 Å². The Morgan fingerprint density at radius 1 is 1.36 bits per heavy atom. The van der Waals surface area contributed by atoms with Crippen LogP contribution >= 0.6 is 11.6 Å². The van der Waals surface area contributed by atoms with Crippen molar-refractivity contribution < 1.29 is 14.3 Å². The number of hydrogen-bond acceptors (Lipinski definition) is 4. The predicted molar refractivity (Wildman–Crippen MR) is 101 cm³/mol. The van der Waals surface area contributed by atoms with Gasteiger partial charge in [0.15, 0.2) is 11.5 Å². The summed E-state index contributed by atoms with van der Waals surface area (Å²) < 4.78 is 11.4. The number of carbonyl (C=O) groups excluding carboxylic acids is 1. The third-order valence-corrected chi connectivity index (χ3v) is 4.56. The highest BCUT2D eigenvalue weighted by atomic mass is 35.5. The summed E-state index contributed by atoms with van der Waals surface area (Å²) in [5, 5.41) is 6.89. The maximum Gasteiger partial charge on any atom is 0.251 e. The summed E-state index contributed by atoms with van der Waals surface area (Å²) in [7, 11) is 0. The van der Waals surface area contributed by atoms with E-state index < -0.39 is 0 Å². The number of carbonyl (C=O) groups is 1. The van der Waals surface area contributed by atoms with Crippen LogP contribution in [0.5, 0.6) is 11.5 Å². The third kappa shape index (κ3) is 5.79. The summed E-state index contributed by atoms with van der Waals surface area (Å²) in [6.07, 6.45) is 3.84. The second kappa shape index (κ2) is 9.88. The van der Waals surface area contributed by atoms with Crippen LogP contribution in [0, 0.1) is 0 Å². The van der Waals surface area contributed by atoms with Crippen LogP contribution in [-0.2, 0) is 0 Å². The summed E-state index contributed by atoms with van der Waals surface area (Å²) in [5.41, 5.74) is 0.502. The number of rotatable bonds is 8. The molecule has 1 amide bonds. The molecule has 0 aromatic heterocycles. The van der Waals surface area contributed by atoms with Gasteiger partial charge < -0.3 is 20.1 Å². The molecule has 0 radical (unpaired) electrons. The van der Waals surface area contributed by atoms with Gasteiger partial charge in [0.2, 0.25) is 0 Å². The number of piperidine rings is 1. The topological polar surface area (TPSA) is 59.6 Å². The van der Waals surface area contributed by atoms with Gasteiger partial charge in [0.1, 0.15) is 0 Å². The first-order chi connectivity index (χ1) is 12.0. The molecule has 25 heavy (non-hydrogen) atoms. The summed E-state index contributed by atoms with van der Waals surface area (Å²) >= 11 is 6.36. The minimum atomic E-state index is -0.123. The molecular formula is C19H29ClN2O3. The standard InChI is InChI=1S/C19H29ClN2O3/c1-4-6-9-25-18-16(20)11-14(12-17(18)24-5-2)19(23)22-15-7-8-21-13(3)10-15/h11-13,15,21H,4-10H2,1-3H3,(H,22,23). The molecule has 0 spiro atoms. The van der Waals surface area contributed by atoms with E-state index in [9.17, 15) is 4.79 Å². The van der Waals surface area contributed by atoms with Gasteiger partial charge in [0, 0.05) is 17.6 Å². The molecule has 1 aliphatic heterocycles. The molecule has 1 saturated heterocycles. The second-order valence-corrected chi connectivity index (χ2v) is 6.88. The lowest BCUT2D eigenvalue weighted by Gasteiger charge is -2.28. The van der Waals surface area contributed by atoms with Crippen LogP contribution in [0.2, 0.25) is 5.02 Å². The minimum absolute atomic E-state index is 0.123. The predicted octanol–water partition coefficient (Wildman–Crippen LogP) is 3.79. The smallest absolute Gasteiger partial charge is 0.251 e. The number of hydrogen-bond donors (Lipinski definition) is 2. The number of amides is 1. The number of ether oxygens (including phenoxy) is 2. The molecule has 2 N–H and O–H groups in total. The monoisotopic (exact) mass is 368 g/mol. The molecule has 2 atom stereocenters. The molecule has 140 valence electrons. The Kier molecular flexibility index (Phi) is 7.85. The maximum absolute atomic E-state index is 12.6. The van der Waals surface area contributed by atoms with Crippen LogP contribution in [-0.4, -0.2) is 37.7 Å². The van der Waals surface area contributed by atoms with Gasteiger partial charge in [-0.25, -0.2) is 0 Å². The Balaban J connectivity index is 2.12. The van der Waals surface area contributed by atoms with Gasteiger partial charge in [-0.2, -0.15) is 0 Å². The van der Waals surface area contributed by atoms with Crippen molar-refractivity contribution in [3.05, 3.63) is 22.7 Å². The fourth-order valence-electron chi connectivity index (χ4n) is 2.95. The van der Waals surface area contributed by atoms with Gasteiger partial charge in [0.05, 0.1) is 18.2 Å². The summed E-state index contributed by atoms with van der Waals surface area (Å²) in [6, 6.07) is 3.97. The minimum Gasteiger partial charge on any atom is -0.490 e. The Hall–Kier alpha value is -1.46. The van der Waals surface area contributed by atoms with Crippen LogP contribution in [0.1, 0.15) is 56.8 Å². The largest absolute Gasteiger partial charge is 0.490 e.